The van der Waals surface area contributed by atoms with Crippen molar-refractivity contribution in [3.05, 3.63) is 71.8 Å². The Balaban J connectivity index is 1.70. The van der Waals surface area contributed by atoms with Crippen molar-refractivity contribution in [2.75, 3.05) is 25.6 Å². The average Bonchev–Trinajstić information content (AvgIpc) is 3.04. The highest BCUT2D eigenvalue weighted by Gasteiger charge is 2.48. The maximum atomic E-state index is 12.7. The first kappa shape index (κ1) is 22.5. The first-order valence-electron chi connectivity index (χ1n) is 10.2. The molecule has 7 heteroatoms. The van der Waals surface area contributed by atoms with E-state index in [1.54, 1.807) is 42.2 Å². The fraction of sp³-hybridized carbons (Fsp3) is 0.333. The summed E-state index contributed by atoms with van der Waals surface area (Å²) in [5.41, 5.74) is 0.218. The van der Waals surface area contributed by atoms with Gasteiger partial charge in [-0.25, -0.2) is 0 Å². The third-order valence-corrected chi connectivity index (χ3v) is 5.55. The van der Waals surface area contributed by atoms with Crippen molar-refractivity contribution in [3.8, 4) is 5.75 Å². The number of ether oxygens (including phenoxy) is 1. The zero-order valence-corrected chi connectivity index (χ0v) is 17.7. The van der Waals surface area contributed by atoms with Gasteiger partial charge in [0.25, 0.3) is 5.91 Å². The van der Waals surface area contributed by atoms with Gasteiger partial charge < -0.3 is 25.2 Å². The number of hydrogen-bond donors (Lipinski definition) is 3. The average molecular weight is 424 g/mol. The number of amides is 2. The standard InChI is InChI=1S/C24H28N2O5/c1-17(24(30)20-15-19(31-2)11-12-21(20)25-23(24)29)7-6-10-22(28)26(13-14-27)16-18-8-4-3-5-9-18/h3-9,11-12,15,17,27,30H,10,13-14,16H2,1-2H3,(H,25,29)/b7-6+/t17-,24+/m1/s1. The second-order valence-corrected chi connectivity index (χ2v) is 7.58. The summed E-state index contributed by atoms with van der Waals surface area (Å²) in [7, 11) is 1.52. The van der Waals surface area contributed by atoms with Gasteiger partial charge in [0.1, 0.15) is 5.75 Å². The molecular weight excluding hydrogens is 396 g/mol. The number of hydrogen-bond acceptors (Lipinski definition) is 5. The second-order valence-electron chi connectivity index (χ2n) is 7.58. The number of anilines is 1. The SMILES string of the molecule is COc1ccc2c(c1)[C@@](O)([C@H](C)/C=C/CC(=O)N(CCO)Cc1ccccc1)C(=O)N2. The van der Waals surface area contributed by atoms with Gasteiger partial charge in [0, 0.05) is 36.7 Å². The minimum atomic E-state index is -1.75. The molecule has 0 radical (unpaired) electrons. The van der Waals surface area contributed by atoms with Crippen molar-refractivity contribution in [3.63, 3.8) is 0 Å². The van der Waals surface area contributed by atoms with E-state index in [2.05, 4.69) is 5.32 Å². The molecule has 2 aromatic rings. The minimum Gasteiger partial charge on any atom is -0.497 e. The minimum absolute atomic E-state index is 0.0971. The number of fused-ring (bicyclic) bond motifs is 1. The molecule has 0 aromatic heterocycles. The van der Waals surface area contributed by atoms with E-state index < -0.39 is 17.4 Å². The van der Waals surface area contributed by atoms with Crippen molar-refractivity contribution in [2.45, 2.75) is 25.5 Å². The highest BCUT2D eigenvalue weighted by molar-refractivity contribution is 6.05. The molecule has 0 saturated carbocycles. The fourth-order valence-corrected chi connectivity index (χ4v) is 3.72. The summed E-state index contributed by atoms with van der Waals surface area (Å²) >= 11 is 0. The number of rotatable bonds is 9. The lowest BCUT2D eigenvalue weighted by molar-refractivity contribution is -0.137. The predicted molar refractivity (Wildman–Crippen MR) is 117 cm³/mol. The van der Waals surface area contributed by atoms with Crippen LogP contribution < -0.4 is 10.1 Å². The monoisotopic (exact) mass is 424 g/mol. The van der Waals surface area contributed by atoms with Crippen molar-refractivity contribution in [1.82, 2.24) is 4.90 Å². The molecule has 0 unspecified atom stereocenters. The van der Waals surface area contributed by atoms with Crippen molar-refractivity contribution in [1.29, 1.82) is 0 Å². The number of methoxy groups -OCH3 is 1. The lowest BCUT2D eigenvalue weighted by Crippen LogP contribution is -2.39. The van der Waals surface area contributed by atoms with Crippen LogP contribution in [0.15, 0.2) is 60.7 Å². The Bertz CT molecular complexity index is 960. The third-order valence-electron chi connectivity index (χ3n) is 5.55. The van der Waals surface area contributed by atoms with Crippen LogP contribution in [0.4, 0.5) is 5.69 Å². The number of nitrogens with zero attached hydrogens (tertiary/aromatic N) is 1. The van der Waals surface area contributed by atoms with Gasteiger partial charge in [-0.2, -0.15) is 0 Å². The summed E-state index contributed by atoms with van der Waals surface area (Å²) in [4.78, 5) is 26.8. The number of benzene rings is 2. The van der Waals surface area contributed by atoms with Gasteiger partial charge in [0.05, 0.1) is 13.7 Å². The molecule has 164 valence electrons. The molecule has 31 heavy (non-hydrogen) atoms. The van der Waals surface area contributed by atoms with Gasteiger partial charge in [-0.1, -0.05) is 49.4 Å². The second kappa shape index (κ2) is 9.76. The molecule has 1 heterocycles. The molecule has 0 aliphatic carbocycles. The van der Waals surface area contributed by atoms with Crippen molar-refractivity contribution >= 4 is 17.5 Å². The highest BCUT2D eigenvalue weighted by atomic mass is 16.5. The Morgan fingerprint density at radius 3 is 2.68 bits per heavy atom. The summed E-state index contributed by atoms with van der Waals surface area (Å²) in [6.07, 6.45) is 3.43. The molecule has 2 amide bonds. The molecular formula is C24H28N2O5. The Hall–Kier alpha value is -3.16. The molecule has 7 nitrogen and oxygen atoms in total. The third kappa shape index (κ3) is 4.78. The number of nitrogens with one attached hydrogen (secondary N) is 1. The van der Waals surface area contributed by atoms with Crippen LogP contribution in [0.5, 0.6) is 5.75 Å². The zero-order valence-electron chi connectivity index (χ0n) is 17.7. The Labute approximate surface area is 182 Å². The van der Waals surface area contributed by atoms with E-state index in [-0.39, 0.29) is 25.5 Å². The number of aliphatic hydroxyl groups excluding tert-OH is 1. The Morgan fingerprint density at radius 1 is 1.26 bits per heavy atom. The summed E-state index contributed by atoms with van der Waals surface area (Å²) in [6.45, 7) is 2.24. The van der Waals surface area contributed by atoms with Crippen LogP contribution >= 0.6 is 0 Å². The molecule has 3 rings (SSSR count). The molecule has 0 spiro atoms. The van der Waals surface area contributed by atoms with E-state index in [1.807, 2.05) is 30.3 Å². The van der Waals surface area contributed by atoms with Gasteiger partial charge in [0.15, 0.2) is 5.60 Å². The normalized spacial score (nSPS) is 18.5. The molecule has 1 aliphatic rings. The first-order valence-corrected chi connectivity index (χ1v) is 10.2. The predicted octanol–water partition coefficient (Wildman–Crippen LogP) is 2.44. The lowest BCUT2D eigenvalue weighted by Gasteiger charge is -2.26. The highest BCUT2D eigenvalue weighted by Crippen LogP contribution is 2.43. The van der Waals surface area contributed by atoms with Crippen LogP contribution in [0, 0.1) is 5.92 Å². The number of aliphatic hydroxyl groups is 2. The Kier molecular flexibility index (Phi) is 7.09. The summed E-state index contributed by atoms with van der Waals surface area (Å²) in [5.74, 6) is -0.689. The van der Waals surface area contributed by atoms with E-state index in [0.29, 0.717) is 23.5 Å². The number of carbonyl (C=O) groups excluding carboxylic acids is 2. The van der Waals surface area contributed by atoms with E-state index >= 15 is 0 Å². The quantitative estimate of drug-likeness (QED) is 0.537. The molecule has 0 bridgehead atoms. The van der Waals surface area contributed by atoms with Crippen LogP contribution in [0.1, 0.15) is 24.5 Å². The smallest absolute Gasteiger partial charge is 0.261 e. The number of carbonyl (C=O) groups is 2. The van der Waals surface area contributed by atoms with Crippen molar-refractivity contribution < 1.29 is 24.5 Å². The summed E-state index contributed by atoms with van der Waals surface area (Å²) < 4.78 is 5.22. The zero-order chi connectivity index (χ0) is 22.4. The lowest BCUT2D eigenvalue weighted by atomic mass is 9.83. The Morgan fingerprint density at radius 2 is 2.00 bits per heavy atom. The van der Waals surface area contributed by atoms with E-state index in [4.69, 9.17) is 4.74 Å². The summed E-state index contributed by atoms with van der Waals surface area (Å²) in [5, 5.41) is 23.2. The van der Waals surface area contributed by atoms with Gasteiger partial charge in [-0.15, -0.1) is 0 Å². The molecule has 2 atom stereocenters. The van der Waals surface area contributed by atoms with Gasteiger partial charge >= 0.3 is 0 Å². The van der Waals surface area contributed by atoms with Crippen LogP contribution in [-0.2, 0) is 21.7 Å². The van der Waals surface area contributed by atoms with Crippen LogP contribution in [0.3, 0.4) is 0 Å². The van der Waals surface area contributed by atoms with Crippen molar-refractivity contribution in [2.24, 2.45) is 5.92 Å². The maximum absolute atomic E-state index is 12.7. The van der Waals surface area contributed by atoms with E-state index in [0.717, 1.165) is 5.56 Å². The first-order chi connectivity index (χ1) is 14.9. The van der Waals surface area contributed by atoms with E-state index in [9.17, 15) is 19.8 Å². The van der Waals surface area contributed by atoms with E-state index in [1.165, 1.54) is 7.11 Å². The molecule has 0 saturated heterocycles. The van der Waals surface area contributed by atoms with Gasteiger partial charge in [0.2, 0.25) is 5.91 Å². The molecule has 1 aliphatic heterocycles. The van der Waals surface area contributed by atoms with Crippen LogP contribution in [0.2, 0.25) is 0 Å². The topological polar surface area (TPSA) is 99.1 Å². The van der Waals surface area contributed by atoms with Gasteiger partial charge in [-0.3, -0.25) is 9.59 Å². The molecule has 2 aromatic carbocycles. The fourth-order valence-electron chi connectivity index (χ4n) is 3.72. The van der Waals surface area contributed by atoms with Crippen LogP contribution in [-0.4, -0.2) is 47.2 Å². The molecule has 0 fully saturated rings. The van der Waals surface area contributed by atoms with Gasteiger partial charge in [-0.05, 0) is 23.8 Å². The molecule has 3 N–H and O–H groups in total. The summed E-state index contributed by atoms with van der Waals surface area (Å²) in [6, 6.07) is 14.6. The largest absolute Gasteiger partial charge is 0.497 e. The van der Waals surface area contributed by atoms with Crippen LogP contribution in [0.25, 0.3) is 0 Å². The maximum Gasteiger partial charge on any atom is 0.261 e.